The molecule has 2 rings (SSSR count). The minimum atomic E-state index is -0.164. The fraction of sp³-hybridized carbons (Fsp3) is 0.727. The van der Waals surface area contributed by atoms with Crippen molar-refractivity contribution < 1.29 is 9.59 Å². The first-order chi connectivity index (χ1) is 8.25. The van der Waals surface area contributed by atoms with Crippen molar-refractivity contribution in [1.82, 2.24) is 16.1 Å². The summed E-state index contributed by atoms with van der Waals surface area (Å²) in [6, 6.07) is 0.531. The van der Waals surface area contributed by atoms with Gasteiger partial charge < -0.3 is 10.6 Å². The number of carbonyl (C=O) groups excluding carboxylic acids is 2. The van der Waals surface area contributed by atoms with Gasteiger partial charge in [-0.15, -0.1) is 0 Å². The van der Waals surface area contributed by atoms with Crippen LogP contribution in [0.3, 0.4) is 0 Å². The Kier molecular flexibility index (Phi) is 4.08. The third-order valence-electron chi connectivity index (χ3n) is 3.11. The predicted octanol–water partition coefficient (Wildman–Crippen LogP) is -0.489. The first kappa shape index (κ1) is 12.0. The first-order valence-electron chi connectivity index (χ1n) is 6.12. The molecule has 1 saturated heterocycles. The normalized spacial score (nSPS) is 24.1. The van der Waals surface area contributed by atoms with E-state index in [-0.39, 0.29) is 11.8 Å². The van der Waals surface area contributed by atoms with E-state index in [1.165, 1.54) is 12.8 Å². The number of nitrogens with one attached hydrogen (secondary N) is 3. The molecule has 0 aromatic rings. The number of carbonyl (C=O) groups is 2. The Morgan fingerprint density at radius 1 is 1.47 bits per heavy atom. The summed E-state index contributed by atoms with van der Waals surface area (Å²) in [7, 11) is 0. The van der Waals surface area contributed by atoms with Gasteiger partial charge in [0.2, 0.25) is 5.91 Å². The van der Waals surface area contributed by atoms with Gasteiger partial charge >= 0.3 is 0 Å². The van der Waals surface area contributed by atoms with Crippen LogP contribution >= 0.6 is 0 Å². The molecular weight excluding hydrogens is 220 g/mol. The van der Waals surface area contributed by atoms with Crippen molar-refractivity contribution in [1.29, 1.82) is 0 Å². The molecule has 1 atom stereocenters. The van der Waals surface area contributed by atoms with Crippen LogP contribution in [0.25, 0.3) is 0 Å². The van der Waals surface area contributed by atoms with Crippen molar-refractivity contribution in [3.8, 4) is 0 Å². The van der Waals surface area contributed by atoms with Crippen LogP contribution in [0.1, 0.15) is 32.1 Å². The number of hydrogen-bond donors (Lipinski definition) is 3. The van der Waals surface area contributed by atoms with E-state index in [1.807, 2.05) is 0 Å². The molecule has 0 radical (unpaired) electrons. The lowest BCUT2D eigenvalue weighted by Crippen LogP contribution is -2.38. The molecule has 0 aromatic heterocycles. The topological polar surface area (TPSA) is 82.6 Å². The molecule has 6 nitrogen and oxygen atoms in total. The monoisotopic (exact) mass is 238 g/mol. The fourth-order valence-corrected chi connectivity index (χ4v) is 2.10. The average molecular weight is 238 g/mol. The van der Waals surface area contributed by atoms with E-state index in [0.29, 0.717) is 31.1 Å². The van der Waals surface area contributed by atoms with E-state index in [0.717, 1.165) is 13.0 Å². The molecule has 6 heteroatoms. The van der Waals surface area contributed by atoms with Gasteiger partial charge in [-0.3, -0.25) is 9.59 Å². The summed E-state index contributed by atoms with van der Waals surface area (Å²) in [5.74, 6) is -0.292. The smallest absolute Gasteiger partial charge is 0.267 e. The molecule has 94 valence electrons. The molecule has 0 aromatic carbocycles. The van der Waals surface area contributed by atoms with Crippen molar-refractivity contribution >= 4 is 17.5 Å². The van der Waals surface area contributed by atoms with Gasteiger partial charge in [-0.1, -0.05) is 0 Å². The van der Waals surface area contributed by atoms with Crippen LogP contribution in [0.2, 0.25) is 0 Å². The number of hydrogen-bond acceptors (Lipinski definition) is 4. The Hall–Kier alpha value is -1.43. The third kappa shape index (κ3) is 3.52. The molecule has 0 aliphatic carbocycles. The lowest BCUT2D eigenvalue weighted by Gasteiger charge is -2.13. The van der Waals surface area contributed by atoms with E-state index in [1.54, 1.807) is 0 Å². The highest BCUT2D eigenvalue weighted by Crippen LogP contribution is 2.07. The number of hydrazone groups is 1. The van der Waals surface area contributed by atoms with Gasteiger partial charge in [0.15, 0.2) is 0 Å². The largest absolute Gasteiger partial charge is 0.351 e. The minimum absolute atomic E-state index is 0.128. The van der Waals surface area contributed by atoms with Crippen LogP contribution in [0.15, 0.2) is 5.10 Å². The van der Waals surface area contributed by atoms with E-state index < -0.39 is 0 Å². The van der Waals surface area contributed by atoms with E-state index in [9.17, 15) is 9.59 Å². The summed E-state index contributed by atoms with van der Waals surface area (Å²) in [5.41, 5.74) is 2.74. The number of rotatable bonds is 4. The highest BCUT2D eigenvalue weighted by molar-refractivity contribution is 6.39. The van der Waals surface area contributed by atoms with Gasteiger partial charge in [-0.05, 0) is 25.8 Å². The van der Waals surface area contributed by atoms with E-state index in [4.69, 9.17) is 0 Å². The minimum Gasteiger partial charge on any atom is -0.351 e. The van der Waals surface area contributed by atoms with Crippen molar-refractivity contribution in [2.24, 2.45) is 5.10 Å². The Morgan fingerprint density at radius 2 is 2.35 bits per heavy atom. The maximum atomic E-state index is 11.7. The zero-order valence-corrected chi connectivity index (χ0v) is 9.79. The van der Waals surface area contributed by atoms with Crippen molar-refractivity contribution in [2.45, 2.75) is 38.1 Å². The zero-order valence-electron chi connectivity index (χ0n) is 9.79. The fourth-order valence-electron chi connectivity index (χ4n) is 2.10. The standard InChI is InChI=1S/C11H18N4O2/c16-10-4-3-9(14-15-10)11(17)13-7-5-8-2-1-6-12-8/h8,12H,1-7H2,(H,13,17)(H,15,16)/t8-/m1/s1. The van der Waals surface area contributed by atoms with Crippen molar-refractivity contribution in [3.05, 3.63) is 0 Å². The SMILES string of the molecule is O=C1CCC(C(=O)NCC[C@H]2CCCN2)=NN1. The lowest BCUT2D eigenvalue weighted by molar-refractivity contribution is -0.121. The zero-order chi connectivity index (χ0) is 12.1. The summed E-state index contributed by atoms with van der Waals surface area (Å²) < 4.78 is 0. The quantitative estimate of drug-likeness (QED) is 0.618. The van der Waals surface area contributed by atoms with E-state index >= 15 is 0 Å². The second-order valence-corrected chi connectivity index (χ2v) is 4.43. The maximum absolute atomic E-state index is 11.7. The van der Waals surface area contributed by atoms with Crippen LogP contribution in [0.4, 0.5) is 0 Å². The van der Waals surface area contributed by atoms with Gasteiger partial charge in [0.1, 0.15) is 5.71 Å². The Morgan fingerprint density at radius 3 is 3.00 bits per heavy atom. The summed E-state index contributed by atoms with van der Waals surface area (Å²) in [5, 5.41) is 9.96. The van der Waals surface area contributed by atoms with Gasteiger partial charge in [0.05, 0.1) is 0 Å². The van der Waals surface area contributed by atoms with Crippen LogP contribution in [-0.4, -0.2) is 36.7 Å². The molecule has 2 amide bonds. The van der Waals surface area contributed by atoms with Gasteiger partial charge in [0, 0.05) is 25.4 Å². The maximum Gasteiger partial charge on any atom is 0.267 e. The van der Waals surface area contributed by atoms with Gasteiger partial charge in [-0.2, -0.15) is 5.10 Å². The van der Waals surface area contributed by atoms with Crippen LogP contribution in [0.5, 0.6) is 0 Å². The molecule has 2 aliphatic heterocycles. The molecule has 2 heterocycles. The average Bonchev–Trinajstić information content (AvgIpc) is 2.83. The summed E-state index contributed by atoms with van der Waals surface area (Å²) in [4.78, 5) is 22.5. The Bertz CT molecular complexity index is 334. The van der Waals surface area contributed by atoms with Crippen LogP contribution in [-0.2, 0) is 9.59 Å². The molecule has 0 unspecified atom stereocenters. The van der Waals surface area contributed by atoms with Crippen molar-refractivity contribution in [3.63, 3.8) is 0 Å². The highest BCUT2D eigenvalue weighted by atomic mass is 16.2. The third-order valence-corrected chi connectivity index (χ3v) is 3.11. The molecule has 3 N–H and O–H groups in total. The summed E-state index contributed by atoms with van der Waals surface area (Å²) in [6.07, 6.45) is 4.13. The molecule has 2 aliphatic rings. The molecule has 0 saturated carbocycles. The second-order valence-electron chi connectivity index (χ2n) is 4.43. The Labute approximate surface area is 100 Å². The summed E-state index contributed by atoms with van der Waals surface area (Å²) >= 11 is 0. The molecular formula is C11H18N4O2. The predicted molar refractivity (Wildman–Crippen MR) is 63.5 cm³/mol. The van der Waals surface area contributed by atoms with Gasteiger partial charge in [0.25, 0.3) is 5.91 Å². The highest BCUT2D eigenvalue weighted by Gasteiger charge is 2.18. The van der Waals surface area contributed by atoms with Crippen molar-refractivity contribution in [2.75, 3.05) is 13.1 Å². The number of amides is 2. The van der Waals surface area contributed by atoms with Gasteiger partial charge in [-0.25, -0.2) is 5.43 Å². The molecule has 0 spiro atoms. The second kappa shape index (κ2) is 5.77. The Balaban J connectivity index is 1.68. The molecule has 17 heavy (non-hydrogen) atoms. The lowest BCUT2D eigenvalue weighted by atomic mass is 10.1. The molecule has 1 fully saturated rings. The molecule has 0 bridgehead atoms. The summed E-state index contributed by atoms with van der Waals surface area (Å²) in [6.45, 7) is 1.74. The number of nitrogens with zero attached hydrogens (tertiary/aromatic N) is 1. The van der Waals surface area contributed by atoms with E-state index in [2.05, 4.69) is 21.2 Å². The first-order valence-corrected chi connectivity index (χ1v) is 6.12. The van der Waals surface area contributed by atoms with Crippen LogP contribution in [0, 0.1) is 0 Å². The van der Waals surface area contributed by atoms with Crippen LogP contribution < -0.4 is 16.1 Å².